The predicted molar refractivity (Wildman–Crippen MR) is 126 cm³/mol. The van der Waals surface area contributed by atoms with Crippen molar-refractivity contribution >= 4 is 40.7 Å². The summed E-state index contributed by atoms with van der Waals surface area (Å²) in [6.07, 6.45) is 3.25. The summed E-state index contributed by atoms with van der Waals surface area (Å²) in [6.45, 7) is 2.40. The minimum Gasteiger partial charge on any atom is -0.507 e. The maximum atomic E-state index is 13.1. The van der Waals surface area contributed by atoms with Crippen LogP contribution in [0.15, 0.2) is 72.6 Å². The Kier molecular flexibility index (Phi) is 6.67. The first-order valence-corrected chi connectivity index (χ1v) is 11.0. The SMILES string of the molecule is CCOc1ccc(C(O)=C2C(=O)C(=O)N(Cc3cccnc3)[C@H]2c2cccc(Cl)c2)cc1Cl. The van der Waals surface area contributed by atoms with Crippen molar-refractivity contribution in [3.8, 4) is 5.75 Å². The van der Waals surface area contributed by atoms with Crippen molar-refractivity contribution in [2.45, 2.75) is 19.5 Å². The summed E-state index contributed by atoms with van der Waals surface area (Å²) in [5, 5.41) is 11.9. The van der Waals surface area contributed by atoms with Crippen LogP contribution in [0.1, 0.15) is 29.7 Å². The quantitative estimate of drug-likeness (QED) is 0.288. The fourth-order valence-electron chi connectivity index (χ4n) is 3.83. The molecule has 8 heteroatoms. The van der Waals surface area contributed by atoms with Crippen LogP contribution in [0.2, 0.25) is 10.0 Å². The summed E-state index contributed by atoms with van der Waals surface area (Å²) in [7, 11) is 0. The predicted octanol–water partition coefficient (Wildman–Crippen LogP) is 5.41. The number of carbonyl (C=O) groups excluding carboxylic acids is 2. The van der Waals surface area contributed by atoms with Crippen LogP contribution in [0.5, 0.6) is 5.75 Å². The van der Waals surface area contributed by atoms with E-state index in [1.165, 1.54) is 11.0 Å². The highest BCUT2D eigenvalue weighted by atomic mass is 35.5. The van der Waals surface area contributed by atoms with Crippen LogP contribution in [0.3, 0.4) is 0 Å². The van der Waals surface area contributed by atoms with Gasteiger partial charge in [-0.1, -0.05) is 41.4 Å². The highest BCUT2D eigenvalue weighted by Gasteiger charge is 2.46. The van der Waals surface area contributed by atoms with E-state index in [4.69, 9.17) is 27.9 Å². The molecule has 168 valence electrons. The first-order chi connectivity index (χ1) is 15.9. The number of pyridine rings is 1. The van der Waals surface area contributed by atoms with E-state index >= 15 is 0 Å². The third kappa shape index (κ3) is 4.58. The van der Waals surface area contributed by atoms with Crippen LogP contribution in [0.4, 0.5) is 0 Å². The Morgan fingerprint density at radius 1 is 1.12 bits per heavy atom. The van der Waals surface area contributed by atoms with Crippen molar-refractivity contribution in [2.24, 2.45) is 0 Å². The molecule has 0 bridgehead atoms. The molecular formula is C25H20Cl2N2O4. The van der Waals surface area contributed by atoms with E-state index < -0.39 is 17.7 Å². The smallest absolute Gasteiger partial charge is 0.295 e. The molecule has 0 unspecified atom stereocenters. The molecule has 6 nitrogen and oxygen atoms in total. The van der Waals surface area contributed by atoms with Gasteiger partial charge in [0, 0.05) is 29.5 Å². The van der Waals surface area contributed by atoms with Gasteiger partial charge in [-0.05, 0) is 54.4 Å². The van der Waals surface area contributed by atoms with Crippen molar-refractivity contribution in [3.63, 3.8) is 0 Å². The zero-order chi connectivity index (χ0) is 23.5. The number of aliphatic hydroxyl groups is 1. The standard InChI is InChI=1S/C25H20Cl2N2O4/c1-2-33-20-9-8-17(12-19(20)27)23(30)21-22(16-6-3-7-18(26)11-16)29(25(32)24(21)31)14-15-5-4-10-28-13-15/h3-13,22,30H,2,14H2,1H3/t22-/m0/s1. The number of benzene rings is 2. The van der Waals surface area contributed by atoms with Gasteiger partial charge in [0.15, 0.2) is 0 Å². The Hall–Kier alpha value is -3.35. The highest BCUT2D eigenvalue weighted by Crippen LogP contribution is 2.41. The topological polar surface area (TPSA) is 79.7 Å². The van der Waals surface area contributed by atoms with Gasteiger partial charge in [0.2, 0.25) is 0 Å². The average molecular weight is 483 g/mol. The molecule has 1 aromatic heterocycles. The van der Waals surface area contributed by atoms with Gasteiger partial charge in [-0.25, -0.2) is 0 Å². The Bertz CT molecular complexity index is 1240. The first-order valence-electron chi connectivity index (χ1n) is 10.3. The minimum atomic E-state index is -0.839. The molecule has 1 saturated heterocycles. The number of ether oxygens (including phenoxy) is 1. The lowest BCUT2D eigenvalue weighted by atomic mass is 9.95. The van der Waals surface area contributed by atoms with Crippen molar-refractivity contribution in [3.05, 3.63) is 99.3 Å². The van der Waals surface area contributed by atoms with E-state index in [0.717, 1.165) is 5.56 Å². The van der Waals surface area contributed by atoms with E-state index in [9.17, 15) is 14.7 Å². The number of Topliss-reactive ketones (excluding diaryl/α,β-unsaturated/α-hetero) is 1. The molecule has 0 saturated carbocycles. The van der Waals surface area contributed by atoms with Gasteiger partial charge >= 0.3 is 0 Å². The van der Waals surface area contributed by atoms with E-state index in [-0.39, 0.29) is 22.9 Å². The van der Waals surface area contributed by atoms with Gasteiger partial charge in [0.25, 0.3) is 11.7 Å². The second kappa shape index (κ2) is 9.65. The number of hydrogen-bond acceptors (Lipinski definition) is 5. The second-order valence-electron chi connectivity index (χ2n) is 7.42. The highest BCUT2D eigenvalue weighted by molar-refractivity contribution is 6.46. The largest absolute Gasteiger partial charge is 0.507 e. The molecule has 1 aliphatic rings. The minimum absolute atomic E-state index is 0.0358. The number of likely N-dealkylation sites (tertiary alicyclic amines) is 1. The van der Waals surface area contributed by atoms with Gasteiger partial charge in [-0.2, -0.15) is 0 Å². The Morgan fingerprint density at radius 2 is 1.94 bits per heavy atom. The van der Waals surface area contributed by atoms with E-state index in [1.54, 1.807) is 54.9 Å². The van der Waals surface area contributed by atoms with Crippen molar-refractivity contribution < 1.29 is 19.4 Å². The van der Waals surface area contributed by atoms with Crippen molar-refractivity contribution in [1.29, 1.82) is 0 Å². The summed E-state index contributed by atoms with van der Waals surface area (Å²) in [4.78, 5) is 31.7. The van der Waals surface area contributed by atoms with Crippen LogP contribution >= 0.6 is 23.2 Å². The zero-order valence-corrected chi connectivity index (χ0v) is 19.2. The number of hydrogen-bond donors (Lipinski definition) is 1. The third-order valence-electron chi connectivity index (χ3n) is 5.29. The monoisotopic (exact) mass is 482 g/mol. The Morgan fingerprint density at radius 3 is 2.61 bits per heavy atom. The first kappa shape index (κ1) is 22.8. The molecule has 1 amide bonds. The van der Waals surface area contributed by atoms with Gasteiger partial charge in [0.05, 0.1) is 23.2 Å². The maximum absolute atomic E-state index is 13.1. The Labute approximate surface area is 201 Å². The average Bonchev–Trinajstić information content (AvgIpc) is 3.05. The zero-order valence-electron chi connectivity index (χ0n) is 17.7. The van der Waals surface area contributed by atoms with E-state index in [2.05, 4.69) is 4.98 Å². The number of aromatic nitrogens is 1. The molecule has 1 N–H and O–H groups in total. The number of amides is 1. The number of carbonyl (C=O) groups is 2. The molecule has 33 heavy (non-hydrogen) atoms. The molecular weight excluding hydrogens is 463 g/mol. The van der Waals surface area contributed by atoms with E-state index in [1.807, 2.05) is 13.0 Å². The summed E-state index contributed by atoms with van der Waals surface area (Å²) in [5.74, 6) is -1.37. The van der Waals surface area contributed by atoms with Crippen LogP contribution in [-0.2, 0) is 16.1 Å². The lowest BCUT2D eigenvalue weighted by Gasteiger charge is -2.25. The molecule has 2 heterocycles. The molecule has 2 aromatic carbocycles. The molecule has 1 atom stereocenters. The van der Waals surface area contributed by atoms with Gasteiger partial charge in [-0.15, -0.1) is 0 Å². The molecule has 4 rings (SSSR count). The van der Waals surface area contributed by atoms with Crippen LogP contribution in [0, 0.1) is 0 Å². The number of ketones is 1. The molecule has 3 aromatic rings. The number of aliphatic hydroxyl groups excluding tert-OH is 1. The fourth-order valence-corrected chi connectivity index (χ4v) is 4.26. The van der Waals surface area contributed by atoms with Gasteiger partial charge in [0.1, 0.15) is 11.5 Å². The lowest BCUT2D eigenvalue weighted by Crippen LogP contribution is -2.29. The summed E-state index contributed by atoms with van der Waals surface area (Å²) >= 11 is 12.5. The van der Waals surface area contributed by atoms with Crippen LogP contribution < -0.4 is 4.74 Å². The lowest BCUT2D eigenvalue weighted by molar-refractivity contribution is -0.140. The molecule has 0 spiro atoms. The fraction of sp³-hybridized carbons (Fsp3) is 0.160. The van der Waals surface area contributed by atoms with Crippen LogP contribution in [-0.4, -0.2) is 33.3 Å². The molecule has 0 radical (unpaired) electrons. The van der Waals surface area contributed by atoms with Gasteiger partial charge < -0.3 is 14.7 Å². The number of nitrogens with zero attached hydrogens (tertiary/aromatic N) is 2. The molecule has 1 aliphatic heterocycles. The van der Waals surface area contributed by atoms with Crippen LogP contribution in [0.25, 0.3) is 5.76 Å². The second-order valence-corrected chi connectivity index (χ2v) is 8.27. The molecule has 0 aliphatic carbocycles. The third-order valence-corrected chi connectivity index (χ3v) is 5.82. The summed E-state index contributed by atoms with van der Waals surface area (Å²) < 4.78 is 5.44. The van der Waals surface area contributed by atoms with Gasteiger partial charge in [-0.3, -0.25) is 14.6 Å². The summed E-state index contributed by atoms with van der Waals surface area (Å²) in [6, 6.07) is 14.3. The maximum Gasteiger partial charge on any atom is 0.295 e. The number of halogens is 2. The Balaban J connectivity index is 1.85. The van der Waals surface area contributed by atoms with Crippen molar-refractivity contribution in [1.82, 2.24) is 9.88 Å². The number of rotatable bonds is 6. The normalized spacial score (nSPS) is 17.4. The summed E-state index contributed by atoms with van der Waals surface area (Å²) in [5.41, 5.74) is 1.61. The van der Waals surface area contributed by atoms with E-state index in [0.29, 0.717) is 28.5 Å². The molecule has 1 fully saturated rings. The van der Waals surface area contributed by atoms with Crippen molar-refractivity contribution in [2.75, 3.05) is 6.61 Å².